The first-order valence-electron chi connectivity index (χ1n) is 8.43. The van der Waals surface area contributed by atoms with E-state index >= 15 is 0 Å². The monoisotopic (exact) mass is 562 g/mol. The molecule has 0 aliphatic carbocycles. The summed E-state index contributed by atoms with van der Waals surface area (Å²) < 4.78 is 21.1. The molecule has 0 fully saturated rings. The van der Waals surface area contributed by atoms with Gasteiger partial charge in [-0.15, -0.1) is 0 Å². The van der Waals surface area contributed by atoms with E-state index in [0.29, 0.717) is 19.8 Å². The van der Waals surface area contributed by atoms with Gasteiger partial charge in [-0.25, -0.2) is 0 Å². The van der Waals surface area contributed by atoms with Gasteiger partial charge >= 0.3 is 8.80 Å². The summed E-state index contributed by atoms with van der Waals surface area (Å²) >= 11 is 4.82. The second-order valence-corrected chi connectivity index (χ2v) is 10.4. The van der Waals surface area contributed by atoms with Crippen LogP contribution in [0, 0.1) is 7.14 Å². The average Bonchev–Trinajstić information content (AvgIpc) is 2.57. The quantitative estimate of drug-likeness (QED) is 0.243. The maximum Gasteiger partial charge on any atom is 0.501 e. The van der Waals surface area contributed by atoms with Crippen LogP contribution in [0.15, 0.2) is 18.2 Å². The minimum atomic E-state index is -2.59. The van der Waals surface area contributed by atoms with Crippen LogP contribution in [-0.2, 0) is 19.7 Å². The maximum absolute atomic E-state index is 6.17. The van der Waals surface area contributed by atoms with E-state index in [2.05, 4.69) is 84.2 Å². The fourth-order valence-electron chi connectivity index (χ4n) is 2.14. The number of aryl methyl sites for hydroxylation is 1. The van der Waals surface area contributed by atoms with E-state index in [4.69, 9.17) is 13.3 Å². The Morgan fingerprint density at radius 2 is 1.39 bits per heavy atom. The zero-order chi connectivity index (χ0) is 17.1. The van der Waals surface area contributed by atoms with Crippen molar-refractivity contribution in [3.63, 3.8) is 0 Å². The van der Waals surface area contributed by atoms with Gasteiger partial charge in [-0.1, -0.05) is 32.9 Å². The van der Waals surface area contributed by atoms with Gasteiger partial charge in [0.2, 0.25) is 0 Å². The van der Waals surface area contributed by atoms with Gasteiger partial charge in [-0.2, -0.15) is 0 Å². The molecule has 1 aromatic carbocycles. The Morgan fingerprint density at radius 1 is 0.870 bits per heavy atom. The molecule has 3 nitrogen and oxygen atoms in total. The molecular weight excluding hydrogens is 534 g/mol. The van der Waals surface area contributed by atoms with Crippen LogP contribution in [0.5, 0.6) is 0 Å². The van der Waals surface area contributed by atoms with Crippen LogP contribution in [0.2, 0.25) is 6.04 Å². The third-order valence-corrected chi connectivity index (χ3v) is 9.31. The van der Waals surface area contributed by atoms with E-state index in [-0.39, 0.29) is 0 Å². The molecule has 0 radical (unpaired) electrons. The van der Waals surface area contributed by atoms with Crippen molar-refractivity contribution in [2.24, 2.45) is 0 Å². The fourth-order valence-corrected chi connectivity index (χ4v) is 6.13. The Kier molecular flexibility index (Phi) is 11.6. The van der Waals surface area contributed by atoms with Crippen molar-refractivity contribution in [3.05, 3.63) is 30.9 Å². The van der Waals surface area contributed by atoms with Crippen molar-refractivity contribution < 1.29 is 13.3 Å². The summed E-state index contributed by atoms with van der Waals surface area (Å²) in [6.45, 7) is 8.51. The molecule has 0 saturated heterocycles. The molecule has 132 valence electrons. The van der Waals surface area contributed by atoms with Gasteiger partial charge in [0.05, 0.1) is 0 Å². The van der Waals surface area contributed by atoms with Crippen molar-refractivity contribution in [1.29, 1.82) is 0 Å². The van der Waals surface area contributed by atoms with Gasteiger partial charge in [0, 0.05) is 33.0 Å². The molecule has 0 aliphatic rings. The molecule has 0 saturated carbocycles. The van der Waals surface area contributed by atoms with Gasteiger partial charge in [0.15, 0.2) is 0 Å². The molecule has 0 aliphatic heterocycles. The highest BCUT2D eigenvalue weighted by molar-refractivity contribution is 14.1. The van der Waals surface area contributed by atoms with Crippen LogP contribution in [0.1, 0.15) is 45.6 Å². The lowest BCUT2D eigenvalue weighted by Crippen LogP contribution is -2.47. The minimum absolute atomic E-state index is 0.711. The lowest BCUT2D eigenvalue weighted by atomic mass is 10.2. The maximum atomic E-state index is 6.17. The second-order valence-electron chi connectivity index (χ2n) is 5.44. The first-order valence-corrected chi connectivity index (χ1v) is 12.5. The third-order valence-electron chi connectivity index (χ3n) is 3.31. The topological polar surface area (TPSA) is 27.7 Å². The normalized spacial score (nSPS) is 11.9. The Balaban J connectivity index is 2.85. The van der Waals surface area contributed by atoms with Crippen LogP contribution >= 0.6 is 45.2 Å². The summed E-state index contributed by atoms with van der Waals surface area (Å²) in [6, 6.07) is 7.31. The smallest absolute Gasteiger partial charge is 0.373 e. The number of benzene rings is 1. The number of hydrogen-bond acceptors (Lipinski definition) is 3. The number of rotatable bonds is 12. The van der Waals surface area contributed by atoms with E-state index < -0.39 is 8.80 Å². The van der Waals surface area contributed by atoms with E-state index in [1.807, 2.05) is 0 Å². The SMILES string of the molecule is CCCO[Si](CCc1cccc(I)c1I)(OCCC)OCCC. The molecule has 0 heterocycles. The lowest BCUT2D eigenvalue weighted by Gasteiger charge is -2.30. The minimum Gasteiger partial charge on any atom is -0.373 e. The first kappa shape index (κ1) is 21.8. The molecular formula is C17H28I2O3Si. The van der Waals surface area contributed by atoms with Gasteiger partial charge < -0.3 is 13.3 Å². The second kappa shape index (κ2) is 12.2. The van der Waals surface area contributed by atoms with Crippen LogP contribution in [0.4, 0.5) is 0 Å². The summed E-state index contributed by atoms with van der Waals surface area (Å²) in [5.74, 6) is 0. The van der Waals surface area contributed by atoms with Crippen LogP contribution in [-0.4, -0.2) is 28.6 Å². The molecule has 6 heteroatoms. The summed E-state index contributed by atoms with van der Waals surface area (Å²) in [6.07, 6.45) is 3.90. The molecule has 1 aromatic rings. The number of halogens is 2. The van der Waals surface area contributed by atoms with E-state index in [9.17, 15) is 0 Å². The Hall–Kier alpha value is 0.777. The largest absolute Gasteiger partial charge is 0.501 e. The van der Waals surface area contributed by atoms with Gasteiger partial charge in [-0.3, -0.25) is 0 Å². The molecule has 1 rings (SSSR count). The summed E-state index contributed by atoms with van der Waals surface area (Å²) in [7, 11) is -2.59. The molecule has 0 aromatic heterocycles. The zero-order valence-corrected chi connectivity index (χ0v) is 19.7. The zero-order valence-electron chi connectivity index (χ0n) is 14.4. The highest BCUT2D eigenvalue weighted by atomic mass is 127. The predicted molar refractivity (Wildman–Crippen MR) is 115 cm³/mol. The summed E-state index contributed by atoms with van der Waals surface area (Å²) in [5, 5.41) is 0. The Bertz CT molecular complexity index is 436. The van der Waals surface area contributed by atoms with E-state index in [1.165, 1.54) is 12.7 Å². The third kappa shape index (κ3) is 7.68. The van der Waals surface area contributed by atoms with Crippen molar-refractivity contribution in [1.82, 2.24) is 0 Å². The number of hydrogen-bond donors (Lipinski definition) is 0. The molecule has 23 heavy (non-hydrogen) atoms. The molecule has 0 spiro atoms. The van der Waals surface area contributed by atoms with E-state index in [0.717, 1.165) is 31.7 Å². The van der Waals surface area contributed by atoms with Crippen LogP contribution in [0.3, 0.4) is 0 Å². The molecule has 0 amide bonds. The highest BCUT2D eigenvalue weighted by Crippen LogP contribution is 2.25. The average molecular weight is 562 g/mol. The Morgan fingerprint density at radius 3 is 1.87 bits per heavy atom. The fraction of sp³-hybridized carbons (Fsp3) is 0.647. The molecule has 0 unspecified atom stereocenters. The standard InChI is InChI=1S/C17H28I2O3Si/c1-4-11-20-23(21-12-5-2,22-13-6-3)14-10-15-8-7-9-16(18)17(15)19/h7-9H,4-6,10-14H2,1-3H3. The molecule has 0 bridgehead atoms. The Labute approximate surface area is 169 Å². The van der Waals surface area contributed by atoms with Crippen molar-refractivity contribution in [2.45, 2.75) is 52.5 Å². The summed E-state index contributed by atoms with van der Waals surface area (Å²) in [4.78, 5) is 0. The predicted octanol–water partition coefficient (Wildman–Crippen LogP) is 5.66. The van der Waals surface area contributed by atoms with E-state index in [1.54, 1.807) is 0 Å². The van der Waals surface area contributed by atoms with Crippen LogP contribution < -0.4 is 0 Å². The first-order chi connectivity index (χ1) is 11.1. The van der Waals surface area contributed by atoms with Crippen molar-refractivity contribution >= 4 is 54.0 Å². The van der Waals surface area contributed by atoms with Gasteiger partial charge in [0.1, 0.15) is 0 Å². The van der Waals surface area contributed by atoms with Gasteiger partial charge in [0.25, 0.3) is 0 Å². The van der Waals surface area contributed by atoms with Crippen LogP contribution in [0.25, 0.3) is 0 Å². The lowest BCUT2D eigenvalue weighted by molar-refractivity contribution is 0.0593. The molecule has 0 N–H and O–H groups in total. The van der Waals surface area contributed by atoms with Gasteiger partial charge in [-0.05, 0) is 82.5 Å². The van der Waals surface area contributed by atoms with Crippen molar-refractivity contribution in [3.8, 4) is 0 Å². The van der Waals surface area contributed by atoms with Crippen molar-refractivity contribution in [2.75, 3.05) is 19.8 Å². The molecule has 0 atom stereocenters. The highest BCUT2D eigenvalue weighted by Gasteiger charge is 2.40. The summed E-state index contributed by atoms with van der Waals surface area (Å²) in [5.41, 5.74) is 1.36.